The Labute approximate surface area is 195 Å². The number of aryl methyl sites for hydroxylation is 1. The second-order valence-corrected chi connectivity index (χ2v) is 8.74. The molecule has 3 heterocycles. The summed E-state index contributed by atoms with van der Waals surface area (Å²) in [4.78, 5) is 28.5. The van der Waals surface area contributed by atoms with Crippen molar-refractivity contribution in [3.05, 3.63) is 59.6 Å². The van der Waals surface area contributed by atoms with E-state index in [1.54, 1.807) is 18.5 Å². The average Bonchev–Trinajstić information content (AvgIpc) is 2.85. The first kappa shape index (κ1) is 23.4. The first-order chi connectivity index (χ1) is 16.1. The van der Waals surface area contributed by atoms with Crippen LogP contribution in [-0.2, 0) is 20.9 Å². The summed E-state index contributed by atoms with van der Waals surface area (Å²) in [5.41, 5.74) is 5.64. The van der Waals surface area contributed by atoms with Gasteiger partial charge in [0.15, 0.2) is 6.29 Å². The van der Waals surface area contributed by atoms with Gasteiger partial charge in [0.25, 0.3) is 5.91 Å². The minimum absolute atomic E-state index is 0.338. The number of hydroxylamine groups is 1. The molecule has 2 aromatic rings. The first-order valence-electron chi connectivity index (χ1n) is 11.8. The fourth-order valence-electron chi connectivity index (χ4n) is 4.10. The zero-order valence-corrected chi connectivity index (χ0v) is 19.2. The van der Waals surface area contributed by atoms with Crippen LogP contribution < -0.4 is 10.8 Å². The molecule has 2 aliphatic heterocycles. The smallest absolute Gasteiger partial charge is 0.267 e. The van der Waals surface area contributed by atoms with E-state index in [-0.39, 0.29) is 12.2 Å². The van der Waals surface area contributed by atoms with Gasteiger partial charge in [-0.15, -0.1) is 0 Å². The topological polar surface area (TPSA) is 88.6 Å². The third-order valence-electron chi connectivity index (χ3n) is 5.89. The fourth-order valence-corrected chi connectivity index (χ4v) is 4.10. The lowest BCUT2D eigenvalue weighted by atomic mass is 10.0. The zero-order valence-electron chi connectivity index (χ0n) is 19.2. The lowest BCUT2D eigenvalue weighted by Crippen LogP contribution is -2.41. The van der Waals surface area contributed by atoms with Crippen LogP contribution in [0.25, 0.3) is 6.08 Å². The number of nitrogens with zero attached hydrogens (tertiary/aromatic N) is 3. The van der Waals surface area contributed by atoms with Gasteiger partial charge in [0.05, 0.1) is 18.1 Å². The van der Waals surface area contributed by atoms with E-state index in [0.29, 0.717) is 18.3 Å². The number of hydrogen-bond acceptors (Lipinski definition) is 7. The van der Waals surface area contributed by atoms with Gasteiger partial charge in [-0.3, -0.25) is 14.7 Å². The molecule has 2 atom stereocenters. The highest BCUT2D eigenvalue weighted by Gasteiger charge is 2.20. The summed E-state index contributed by atoms with van der Waals surface area (Å²) in [5, 5.41) is 3.50. The molecule has 2 fully saturated rings. The van der Waals surface area contributed by atoms with Gasteiger partial charge < -0.3 is 10.1 Å². The van der Waals surface area contributed by atoms with Crippen molar-refractivity contribution < 1.29 is 14.4 Å². The van der Waals surface area contributed by atoms with Gasteiger partial charge in [0, 0.05) is 38.2 Å². The molecule has 176 valence electrons. The Morgan fingerprint density at radius 2 is 2.06 bits per heavy atom. The quantitative estimate of drug-likeness (QED) is 0.469. The predicted octanol–water partition coefficient (Wildman–Crippen LogP) is 3.45. The number of nitrogens with one attached hydrogen (secondary N) is 2. The molecule has 2 saturated heterocycles. The van der Waals surface area contributed by atoms with Crippen LogP contribution in [0.15, 0.2) is 42.7 Å². The van der Waals surface area contributed by atoms with Gasteiger partial charge in [0.1, 0.15) is 5.82 Å². The largest absolute Gasteiger partial charge is 0.365 e. The number of rotatable bonds is 8. The molecule has 2 aliphatic rings. The molecule has 8 heteroatoms. The van der Waals surface area contributed by atoms with Gasteiger partial charge in [-0.25, -0.2) is 15.3 Å². The van der Waals surface area contributed by atoms with Gasteiger partial charge in [-0.05, 0) is 50.8 Å². The van der Waals surface area contributed by atoms with Crippen molar-refractivity contribution in [2.45, 2.75) is 57.9 Å². The van der Waals surface area contributed by atoms with Crippen LogP contribution in [0.4, 0.5) is 5.82 Å². The molecule has 1 amide bonds. The number of likely N-dealkylation sites (tertiary alicyclic amines) is 1. The van der Waals surface area contributed by atoms with E-state index >= 15 is 0 Å². The Kier molecular flexibility index (Phi) is 8.41. The average molecular weight is 452 g/mol. The maximum Gasteiger partial charge on any atom is 0.267 e. The summed E-state index contributed by atoms with van der Waals surface area (Å²) in [5.74, 6) is 0.389. The molecule has 2 N–H and O–H groups in total. The lowest BCUT2D eigenvalue weighted by Gasteiger charge is -2.33. The fraction of sp³-hybridized carbons (Fsp3) is 0.480. The molecule has 33 heavy (non-hydrogen) atoms. The van der Waals surface area contributed by atoms with Crippen molar-refractivity contribution in [1.82, 2.24) is 20.3 Å². The van der Waals surface area contributed by atoms with Crippen LogP contribution >= 0.6 is 0 Å². The van der Waals surface area contributed by atoms with Gasteiger partial charge in [0.2, 0.25) is 0 Å². The van der Waals surface area contributed by atoms with Crippen LogP contribution in [0.5, 0.6) is 0 Å². The Hall–Kier alpha value is -2.81. The molecule has 1 aromatic carbocycles. The van der Waals surface area contributed by atoms with Crippen LogP contribution in [-0.4, -0.2) is 52.8 Å². The second-order valence-electron chi connectivity index (χ2n) is 8.74. The van der Waals surface area contributed by atoms with Gasteiger partial charge in [-0.1, -0.05) is 29.8 Å². The molecule has 0 bridgehead atoms. The van der Waals surface area contributed by atoms with Crippen molar-refractivity contribution in [2.75, 3.05) is 25.0 Å². The first-order valence-corrected chi connectivity index (χ1v) is 11.8. The molecule has 8 nitrogen and oxygen atoms in total. The highest BCUT2D eigenvalue weighted by molar-refractivity contribution is 5.90. The van der Waals surface area contributed by atoms with Gasteiger partial charge in [-0.2, -0.15) is 0 Å². The van der Waals surface area contributed by atoms with E-state index in [4.69, 9.17) is 9.57 Å². The number of benzene rings is 1. The van der Waals surface area contributed by atoms with Gasteiger partial charge >= 0.3 is 0 Å². The molecule has 0 spiro atoms. The molecule has 0 saturated carbocycles. The summed E-state index contributed by atoms with van der Waals surface area (Å²) in [6.07, 6.45) is 11.1. The van der Waals surface area contributed by atoms with E-state index < -0.39 is 0 Å². The normalized spacial score (nSPS) is 21.7. The number of carbonyl (C=O) groups is 1. The molecule has 1 unspecified atom stereocenters. The van der Waals surface area contributed by atoms with Crippen molar-refractivity contribution >= 4 is 17.8 Å². The van der Waals surface area contributed by atoms with E-state index in [0.717, 1.165) is 57.6 Å². The van der Waals surface area contributed by atoms with Crippen molar-refractivity contribution in [3.63, 3.8) is 0 Å². The highest BCUT2D eigenvalue weighted by atomic mass is 16.8. The van der Waals surface area contributed by atoms with E-state index in [1.807, 2.05) is 0 Å². The second kappa shape index (κ2) is 11.9. The summed E-state index contributed by atoms with van der Waals surface area (Å²) in [6, 6.07) is 9.09. The molecule has 0 radical (unpaired) electrons. The number of hydrogen-bond donors (Lipinski definition) is 2. The number of carbonyl (C=O) groups excluding carboxylic acids is 1. The Morgan fingerprint density at radius 1 is 1.18 bits per heavy atom. The van der Waals surface area contributed by atoms with E-state index in [2.05, 4.69) is 56.9 Å². The maximum absolute atomic E-state index is 11.9. The van der Waals surface area contributed by atoms with Crippen LogP contribution in [0, 0.1) is 6.92 Å². The molecule has 1 aromatic heterocycles. The molecule has 4 rings (SSSR count). The third kappa shape index (κ3) is 7.63. The van der Waals surface area contributed by atoms with E-state index in [1.165, 1.54) is 17.2 Å². The molecule has 0 aliphatic carbocycles. The van der Waals surface area contributed by atoms with E-state index in [9.17, 15) is 4.79 Å². The molecular weight excluding hydrogens is 418 g/mol. The van der Waals surface area contributed by atoms with Crippen LogP contribution in [0.2, 0.25) is 0 Å². The van der Waals surface area contributed by atoms with Crippen LogP contribution in [0.3, 0.4) is 0 Å². The summed E-state index contributed by atoms with van der Waals surface area (Å²) in [6.45, 7) is 5.83. The Balaban J connectivity index is 1.21. The Morgan fingerprint density at radius 3 is 2.82 bits per heavy atom. The number of amides is 1. The van der Waals surface area contributed by atoms with Crippen molar-refractivity contribution in [3.8, 4) is 0 Å². The summed E-state index contributed by atoms with van der Waals surface area (Å²) in [7, 11) is 0. The zero-order chi connectivity index (χ0) is 22.9. The summed E-state index contributed by atoms with van der Waals surface area (Å²) < 4.78 is 5.41. The number of aromatic nitrogens is 2. The number of piperidine rings is 1. The SMILES string of the molecule is Cc1ccc(CN2CCC[C@@H](Nc3cnc(C=CC(=O)NOC4CCCCO4)cn3)C2)cc1. The third-order valence-corrected chi connectivity index (χ3v) is 5.89. The minimum atomic E-state index is -0.367. The standard InChI is InChI=1S/C25H33N5O3/c1-19-7-9-20(10-8-19)17-30-13-4-5-22(18-30)28-23-16-26-21(15-27-23)11-12-24(31)29-33-25-6-2-3-14-32-25/h7-12,15-16,22,25H,2-6,13-14,17-18H2,1H3,(H,27,28)(H,29,31)/t22-,25?/m1/s1. The molecular formula is C25H33N5O3. The van der Waals surface area contributed by atoms with Crippen molar-refractivity contribution in [1.29, 1.82) is 0 Å². The maximum atomic E-state index is 11.9. The predicted molar refractivity (Wildman–Crippen MR) is 127 cm³/mol. The number of ether oxygens (including phenoxy) is 1. The van der Waals surface area contributed by atoms with Crippen LogP contribution in [0.1, 0.15) is 48.9 Å². The van der Waals surface area contributed by atoms with Crippen molar-refractivity contribution in [2.24, 2.45) is 0 Å². The Bertz CT molecular complexity index is 911. The number of anilines is 1. The summed E-state index contributed by atoms with van der Waals surface area (Å²) >= 11 is 0. The minimum Gasteiger partial charge on any atom is -0.365 e. The lowest BCUT2D eigenvalue weighted by molar-refractivity contribution is -0.198. The monoisotopic (exact) mass is 451 g/mol. The highest BCUT2D eigenvalue weighted by Crippen LogP contribution is 2.17.